The lowest BCUT2D eigenvalue weighted by Crippen LogP contribution is -2.47. The lowest BCUT2D eigenvalue weighted by Gasteiger charge is -2.23. The third-order valence-electron chi connectivity index (χ3n) is 6.87. The van der Waals surface area contributed by atoms with Gasteiger partial charge in [-0.05, 0) is 58.9 Å². The lowest BCUT2D eigenvalue weighted by atomic mass is 9.89. The summed E-state index contributed by atoms with van der Waals surface area (Å²) in [6.45, 7) is 10.5. The highest BCUT2D eigenvalue weighted by Crippen LogP contribution is 2.17. The van der Waals surface area contributed by atoms with Gasteiger partial charge in [0.2, 0.25) is 17.7 Å². The largest absolute Gasteiger partial charge is 0.460 e. The van der Waals surface area contributed by atoms with Crippen LogP contribution in [0.3, 0.4) is 0 Å². The maximum absolute atomic E-state index is 13.5. The minimum atomic E-state index is -1.07. The quantitative estimate of drug-likeness (QED) is 0.142. The molecule has 254 valence electrons. The normalized spacial score (nSPS) is 12.5. The van der Waals surface area contributed by atoms with Gasteiger partial charge in [-0.2, -0.15) is 0 Å². The van der Waals surface area contributed by atoms with Crippen molar-refractivity contribution in [2.24, 2.45) is 17.8 Å². The maximum Gasteiger partial charge on any atom is 0.306 e. The van der Waals surface area contributed by atoms with Crippen LogP contribution in [0.25, 0.3) is 0 Å². The highest BCUT2D eigenvalue weighted by atomic mass is 16.6. The van der Waals surface area contributed by atoms with Crippen molar-refractivity contribution in [2.75, 3.05) is 13.1 Å². The molecule has 12 nitrogen and oxygen atoms in total. The molecule has 0 heterocycles. The summed E-state index contributed by atoms with van der Waals surface area (Å²) in [6.07, 6.45) is -0.409. The fourth-order valence-corrected chi connectivity index (χ4v) is 4.61. The number of rotatable bonds is 20. The predicted octanol–water partition coefficient (Wildman–Crippen LogP) is 2.44. The van der Waals surface area contributed by atoms with E-state index in [4.69, 9.17) is 4.74 Å². The van der Waals surface area contributed by atoms with Gasteiger partial charge in [0, 0.05) is 25.2 Å². The number of hydrogen-bond acceptors (Lipinski definition) is 9. The third kappa shape index (κ3) is 16.7. The molecule has 2 unspecified atom stereocenters. The van der Waals surface area contributed by atoms with Crippen LogP contribution < -0.4 is 16.0 Å². The standard InChI is InChI=1S/C34H49N3O9/c1-21(2)15-28(37-31(43)20-35-30(42)13-14-32(44)46-34(5,6)7)29(41)17-25(16-24-11-9-8-10-12-24)33(45)36-19-26(40)18-27(22(3)38)23(4)39/h8-12,21,25,27-28H,13-20H2,1-7H3,(H,35,42)(H,36,45)(H,37,43). The number of benzene rings is 1. The second kappa shape index (κ2) is 19.3. The van der Waals surface area contributed by atoms with Crippen LogP contribution in [0.15, 0.2) is 30.3 Å². The Hall–Kier alpha value is -4.22. The highest BCUT2D eigenvalue weighted by Gasteiger charge is 2.29. The summed E-state index contributed by atoms with van der Waals surface area (Å²) >= 11 is 0. The van der Waals surface area contributed by atoms with Crippen LogP contribution in [0, 0.1) is 17.8 Å². The smallest absolute Gasteiger partial charge is 0.306 e. The van der Waals surface area contributed by atoms with Crippen LogP contribution in [0.2, 0.25) is 0 Å². The number of carbonyl (C=O) groups is 8. The molecule has 0 aliphatic heterocycles. The molecule has 1 rings (SSSR count). The van der Waals surface area contributed by atoms with Crippen molar-refractivity contribution in [1.82, 2.24) is 16.0 Å². The van der Waals surface area contributed by atoms with Crippen LogP contribution >= 0.6 is 0 Å². The van der Waals surface area contributed by atoms with Crippen LogP contribution in [0.5, 0.6) is 0 Å². The molecule has 3 amide bonds. The van der Waals surface area contributed by atoms with Gasteiger partial charge >= 0.3 is 5.97 Å². The molecule has 0 spiro atoms. The zero-order chi connectivity index (χ0) is 35.0. The van der Waals surface area contributed by atoms with Crippen molar-refractivity contribution < 1.29 is 43.1 Å². The molecule has 0 radical (unpaired) electrons. The number of ketones is 4. The van der Waals surface area contributed by atoms with E-state index < -0.39 is 83.4 Å². The summed E-state index contributed by atoms with van der Waals surface area (Å²) in [4.78, 5) is 99.4. The van der Waals surface area contributed by atoms with Gasteiger partial charge < -0.3 is 20.7 Å². The van der Waals surface area contributed by atoms with E-state index in [9.17, 15) is 38.4 Å². The molecule has 0 bridgehead atoms. The molecule has 1 aromatic rings. The first-order valence-corrected chi connectivity index (χ1v) is 15.5. The van der Waals surface area contributed by atoms with Gasteiger partial charge in [-0.1, -0.05) is 44.2 Å². The molecule has 0 aliphatic carbocycles. The first-order valence-electron chi connectivity index (χ1n) is 15.5. The summed E-state index contributed by atoms with van der Waals surface area (Å²) in [5, 5.41) is 7.64. The highest BCUT2D eigenvalue weighted by molar-refractivity contribution is 6.04. The first-order chi connectivity index (χ1) is 21.4. The molecule has 46 heavy (non-hydrogen) atoms. The second-order valence-electron chi connectivity index (χ2n) is 12.9. The van der Waals surface area contributed by atoms with Gasteiger partial charge in [-0.15, -0.1) is 0 Å². The Balaban J connectivity index is 2.90. The van der Waals surface area contributed by atoms with Gasteiger partial charge in [0.05, 0.1) is 31.5 Å². The fraction of sp³-hybridized carbons (Fsp3) is 0.588. The van der Waals surface area contributed by atoms with Crippen molar-refractivity contribution in [3.63, 3.8) is 0 Å². The Bertz CT molecular complexity index is 1240. The van der Waals surface area contributed by atoms with Gasteiger partial charge in [0.15, 0.2) is 11.6 Å². The van der Waals surface area contributed by atoms with Crippen LogP contribution in [-0.2, 0) is 49.5 Å². The van der Waals surface area contributed by atoms with Crippen LogP contribution in [0.4, 0.5) is 0 Å². The predicted molar refractivity (Wildman–Crippen MR) is 170 cm³/mol. The minimum absolute atomic E-state index is 0.00666. The lowest BCUT2D eigenvalue weighted by molar-refractivity contribution is -0.155. The van der Waals surface area contributed by atoms with Crippen LogP contribution in [-0.4, -0.2) is 71.6 Å². The maximum atomic E-state index is 13.5. The molecule has 12 heteroatoms. The van der Waals surface area contributed by atoms with Crippen molar-refractivity contribution in [1.29, 1.82) is 0 Å². The van der Waals surface area contributed by atoms with E-state index in [1.165, 1.54) is 13.8 Å². The Morgan fingerprint density at radius 1 is 0.783 bits per heavy atom. The Morgan fingerprint density at radius 2 is 1.39 bits per heavy atom. The number of amides is 3. The number of nitrogens with one attached hydrogen (secondary N) is 3. The molecule has 2 atom stereocenters. The zero-order valence-electron chi connectivity index (χ0n) is 28.0. The molecule has 3 N–H and O–H groups in total. The Labute approximate surface area is 271 Å². The average Bonchev–Trinajstić information content (AvgIpc) is 2.94. The number of Topliss-reactive ketones (excluding diaryl/α,β-unsaturated/α-hetero) is 4. The SMILES string of the molecule is CC(=O)C(CC(=O)CNC(=O)C(CC(=O)C(CC(C)C)NC(=O)CNC(=O)CCC(=O)OC(C)(C)C)Cc1ccccc1)C(C)=O. The van der Waals surface area contributed by atoms with Gasteiger partial charge in [0.1, 0.15) is 17.2 Å². The summed E-state index contributed by atoms with van der Waals surface area (Å²) in [7, 11) is 0. The number of ether oxygens (including phenoxy) is 1. The van der Waals surface area contributed by atoms with E-state index in [2.05, 4.69) is 16.0 Å². The van der Waals surface area contributed by atoms with Gasteiger partial charge in [0.25, 0.3) is 0 Å². The van der Waals surface area contributed by atoms with E-state index in [1.807, 2.05) is 19.9 Å². The third-order valence-corrected chi connectivity index (χ3v) is 6.87. The molecular formula is C34H49N3O9. The molecule has 1 aromatic carbocycles. The molecule has 0 aliphatic rings. The van der Waals surface area contributed by atoms with E-state index in [-0.39, 0.29) is 44.4 Å². The summed E-state index contributed by atoms with van der Waals surface area (Å²) in [5.74, 6) is -5.92. The molecule has 0 aromatic heterocycles. The summed E-state index contributed by atoms with van der Waals surface area (Å²) in [5.41, 5.74) is 0.105. The molecular weight excluding hydrogens is 594 g/mol. The number of esters is 1. The van der Waals surface area contributed by atoms with Crippen molar-refractivity contribution >= 4 is 46.8 Å². The average molecular weight is 644 g/mol. The Kier molecular flexibility index (Phi) is 16.7. The topological polar surface area (TPSA) is 182 Å². The fourth-order valence-electron chi connectivity index (χ4n) is 4.61. The van der Waals surface area contributed by atoms with Gasteiger partial charge in [-0.3, -0.25) is 38.4 Å². The minimum Gasteiger partial charge on any atom is -0.460 e. The van der Waals surface area contributed by atoms with Crippen molar-refractivity contribution in [3.8, 4) is 0 Å². The zero-order valence-corrected chi connectivity index (χ0v) is 28.0. The van der Waals surface area contributed by atoms with Crippen molar-refractivity contribution in [3.05, 3.63) is 35.9 Å². The Morgan fingerprint density at radius 3 is 1.93 bits per heavy atom. The van der Waals surface area contributed by atoms with E-state index in [1.54, 1.807) is 45.0 Å². The number of hydrogen-bond donors (Lipinski definition) is 3. The summed E-state index contributed by atoms with van der Waals surface area (Å²) < 4.78 is 5.17. The van der Waals surface area contributed by atoms with Crippen LogP contribution in [0.1, 0.15) is 86.1 Å². The number of carbonyl (C=O) groups excluding carboxylic acids is 8. The van der Waals surface area contributed by atoms with E-state index >= 15 is 0 Å². The van der Waals surface area contributed by atoms with E-state index in [0.717, 1.165) is 5.56 Å². The second-order valence-corrected chi connectivity index (χ2v) is 12.9. The van der Waals surface area contributed by atoms with E-state index in [0.29, 0.717) is 0 Å². The summed E-state index contributed by atoms with van der Waals surface area (Å²) in [6, 6.07) is 8.07. The molecule has 0 saturated carbocycles. The monoisotopic (exact) mass is 643 g/mol. The van der Waals surface area contributed by atoms with Crippen molar-refractivity contribution in [2.45, 2.75) is 98.6 Å². The van der Waals surface area contributed by atoms with Gasteiger partial charge in [-0.25, -0.2) is 0 Å². The molecule has 0 fully saturated rings. The molecule has 0 saturated heterocycles. The first kappa shape index (κ1) is 39.8.